The van der Waals surface area contributed by atoms with E-state index >= 15 is 0 Å². The van der Waals surface area contributed by atoms with Gasteiger partial charge in [0, 0.05) is 25.5 Å². The molecule has 0 N–H and O–H groups in total. The van der Waals surface area contributed by atoms with Gasteiger partial charge in [-0.25, -0.2) is 13.0 Å². The minimum Gasteiger partial charge on any atom is -0.744 e. The summed E-state index contributed by atoms with van der Waals surface area (Å²) in [6.07, 6.45) is 4.68. The third-order valence-corrected chi connectivity index (χ3v) is 3.80. The molecule has 1 heterocycles. The van der Waals surface area contributed by atoms with Crippen LogP contribution in [0.15, 0.2) is 59.6 Å². The van der Waals surface area contributed by atoms with Crippen molar-refractivity contribution < 1.29 is 17.5 Å². The summed E-state index contributed by atoms with van der Waals surface area (Å²) in [5.74, 6) is 0. The lowest BCUT2D eigenvalue weighted by atomic mass is 10.3. The molecule has 5 heteroatoms. The summed E-state index contributed by atoms with van der Waals surface area (Å²) < 4.78 is 33.1. The maximum absolute atomic E-state index is 10.3. The minimum absolute atomic E-state index is 0.185. The van der Waals surface area contributed by atoms with Gasteiger partial charge < -0.3 is 4.55 Å². The van der Waals surface area contributed by atoms with Crippen molar-refractivity contribution in [3.63, 3.8) is 0 Å². The molecular weight excluding hydrogens is 286 g/mol. The molecule has 4 nitrogen and oxygen atoms in total. The van der Waals surface area contributed by atoms with Gasteiger partial charge in [-0.2, -0.15) is 0 Å². The molecule has 0 atom stereocenters. The highest BCUT2D eigenvalue weighted by atomic mass is 32.2. The highest BCUT2D eigenvalue weighted by Gasteiger charge is 2.01. The number of hydrogen-bond acceptors (Lipinski definition) is 3. The molecule has 0 fully saturated rings. The molecule has 0 amide bonds. The molecule has 2 rings (SSSR count). The molecule has 1 aromatic heterocycles. The number of hydrogen-bond donors (Lipinski definition) is 0. The molecule has 0 aliphatic rings. The molecule has 114 valence electrons. The van der Waals surface area contributed by atoms with E-state index in [-0.39, 0.29) is 4.90 Å². The van der Waals surface area contributed by atoms with Crippen molar-refractivity contribution in [2.45, 2.75) is 38.1 Å². The highest BCUT2D eigenvalue weighted by molar-refractivity contribution is 7.85. The zero-order chi connectivity index (χ0) is 15.7. The van der Waals surface area contributed by atoms with Crippen LogP contribution in [0, 0.1) is 6.92 Å². The van der Waals surface area contributed by atoms with Crippen molar-refractivity contribution in [1.82, 2.24) is 0 Å². The largest absolute Gasteiger partial charge is 0.744 e. The lowest BCUT2D eigenvalue weighted by Gasteiger charge is -2.04. The van der Waals surface area contributed by atoms with Gasteiger partial charge in [-0.15, -0.1) is 0 Å². The van der Waals surface area contributed by atoms with Gasteiger partial charge in [-0.05, 0) is 12.1 Å². The monoisotopic (exact) mass is 307 g/mol. The Kier molecular flexibility index (Phi) is 7.05. The van der Waals surface area contributed by atoms with Crippen molar-refractivity contribution in [2.24, 2.45) is 0 Å². The molecule has 0 bridgehead atoms. The lowest BCUT2D eigenvalue weighted by molar-refractivity contribution is -0.703. The summed E-state index contributed by atoms with van der Waals surface area (Å²) in [5, 5.41) is 0. The summed E-state index contributed by atoms with van der Waals surface area (Å²) in [6.45, 7) is 5.53. The summed E-state index contributed by atoms with van der Waals surface area (Å²) in [6, 6.07) is 13.5. The van der Waals surface area contributed by atoms with E-state index in [1.165, 1.54) is 42.8 Å². The predicted octanol–water partition coefficient (Wildman–Crippen LogP) is 2.67. The van der Waals surface area contributed by atoms with Crippen LogP contribution in [0.5, 0.6) is 0 Å². The van der Waals surface area contributed by atoms with Crippen molar-refractivity contribution in [1.29, 1.82) is 0 Å². The van der Waals surface area contributed by atoms with Gasteiger partial charge in [0.15, 0.2) is 11.9 Å². The second kappa shape index (κ2) is 8.54. The average molecular weight is 307 g/mol. The quantitative estimate of drug-likeness (QED) is 0.644. The molecule has 0 saturated heterocycles. The second-order valence-electron chi connectivity index (χ2n) is 4.66. The first-order valence-corrected chi connectivity index (χ1v) is 8.32. The van der Waals surface area contributed by atoms with Crippen LogP contribution in [-0.4, -0.2) is 13.0 Å². The Hall–Kier alpha value is -1.72. The van der Waals surface area contributed by atoms with E-state index in [0.29, 0.717) is 0 Å². The molecule has 0 aliphatic carbocycles. The Morgan fingerprint density at radius 3 is 2.14 bits per heavy atom. The number of rotatable bonds is 4. The topological polar surface area (TPSA) is 61.1 Å². The average Bonchev–Trinajstić information content (AvgIpc) is 2.47. The van der Waals surface area contributed by atoms with Gasteiger partial charge in [0.2, 0.25) is 0 Å². The first kappa shape index (κ1) is 17.3. The lowest BCUT2D eigenvalue weighted by Crippen LogP contribution is -2.36. The SMILES string of the molecule is CCCC[n+]1ccccc1C.O=S(=O)([O-])c1ccccc1. The zero-order valence-electron chi connectivity index (χ0n) is 12.4. The molecule has 2 aromatic rings. The number of nitrogens with zero attached hydrogens (tertiary/aromatic N) is 1. The zero-order valence-corrected chi connectivity index (χ0v) is 13.2. The van der Waals surface area contributed by atoms with E-state index in [1.807, 2.05) is 0 Å². The Labute approximate surface area is 126 Å². The predicted molar refractivity (Wildman–Crippen MR) is 80.7 cm³/mol. The van der Waals surface area contributed by atoms with E-state index in [4.69, 9.17) is 0 Å². The van der Waals surface area contributed by atoms with Crippen LogP contribution in [0.1, 0.15) is 25.5 Å². The Morgan fingerprint density at radius 1 is 1.05 bits per heavy atom. The van der Waals surface area contributed by atoms with Gasteiger partial charge in [0.1, 0.15) is 16.7 Å². The van der Waals surface area contributed by atoms with Gasteiger partial charge in [0.05, 0.1) is 4.90 Å². The van der Waals surface area contributed by atoms with Crippen molar-refractivity contribution >= 4 is 10.1 Å². The molecular formula is C16H21NO3S. The fraction of sp³-hybridized carbons (Fsp3) is 0.312. The van der Waals surface area contributed by atoms with Crippen molar-refractivity contribution in [3.05, 3.63) is 60.4 Å². The summed E-state index contributed by atoms with van der Waals surface area (Å²) in [7, 11) is -4.25. The molecule has 0 radical (unpaired) electrons. The van der Waals surface area contributed by atoms with E-state index in [0.717, 1.165) is 6.54 Å². The number of benzene rings is 1. The van der Waals surface area contributed by atoms with E-state index in [2.05, 4.69) is 42.8 Å². The summed E-state index contributed by atoms with van der Waals surface area (Å²) >= 11 is 0. The normalized spacial score (nSPS) is 10.6. The maximum Gasteiger partial charge on any atom is 0.178 e. The Balaban J connectivity index is 0.000000211. The Bertz CT molecular complexity index is 640. The molecule has 1 aromatic carbocycles. The minimum atomic E-state index is -4.25. The molecule has 21 heavy (non-hydrogen) atoms. The number of pyridine rings is 1. The maximum atomic E-state index is 10.3. The van der Waals surface area contributed by atoms with Crippen LogP contribution < -0.4 is 4.57 Å². The van der Waals surface area contributed by atoms with Crippen LogP contribution >= 0.6 is 0 Å². The van der Waals surface area contributed by atoms with Gasteiger partial charge in [0.25, 0.3) is 0 Å². The first-order valence-electron chi connectivity index (χ1n) is 6.91. The standard InChI is InChI=1S/C10H16N.C6H6O3S/c1-3-4-8-11-9-6-5-7-10(11)2;7-10(8,9)6-4-2-1-3-5-6/h5-7,9H,3-4,8H2,1-2H3;1-5H,(H,7,8,9)/q+1;/p-1. The van der Waals surface area contributed by atoms with Gasteiger partial charge in [-0.3, -0.25) is 0 Å². The fourth-order valence-electron chi connectivity index (χ4n) is 1.73. The van der Waals surface area contributed by atoms with Crippen molar-refractivity contribution in [3.8, 4) is 0 Å². The van der Waals surface area contributed by atoms with E-state index < -0.39 is 10.1 Å². The summed E-state index contributed by atoms with van der Waals surface area (Å²) in [5.41, 5.74) is 1.35. The third-order valence-electron chi connectivity index (χ3n) is 2.95. The first-order chi connectivity index (χ1) is 9.95. The van der Waals surface area contributed by atoms with Crippen molar-refractivity contribution in [2.75, 3.05) is 0 Å². The number of unbranched alkanes of at least 4 members (excludes halogenated alkanes) is 1. The van der Waals surface area contributed by atoms with E-state index in [9.17, 15) is 13.0 Å². The van der Waals surface area contributed by atoms with Crippen LogP contribution in [0.3, 0.4) is 0 Å². The molecule has 0 spiro atoms. The Morgan fingerprint density at radius 2 is 1.67 bits per heavy atom. The number of aryl methyl sites for hydroxylation is 2. The second-order valence-corrected chi connectivity index (χ2v) is 6.04. The summed E-state index contributed by atoms with van der Waals surface area (Å²) in [4.78, 5) is -0.185. The smallest absolute Gasteiger partial charge is 0.178 e. The van der Waals surface area contributed by atoms with E-state index in [1.54, 1.807) is 6.07 Å². The fourth-order valence-corrected chi connectivity index (χ4v) is 2.22. The van der Waals surface area contributed by atoms with Crippen LogP contribution in [0.4, 0.5) is 0 Å². The highest BCUT2D eigenvalue weighted by Crippen LogP contribution is 2.04. The van der Waals surface area contributed by atoms with Gasteiger partial charge >= 0.3 is 0 Å². The van der Waals surface area contributed by atoms with Crippen LogP contribution in [0.25, 0.3) is 0 Å². The van der Waals surface area contributed by atoms with Gasteiger partial charge in [-0.1, -0.05) is 37.6 Å². The molecule has 0 unspecified atom stereocenters. The third kappa shape index (κ3) is 6.51. The van der Waals surface area contributed by atoms with Crippen LogP contribution in [-0.2, 0) is 16.7 Å². The number of aromatic nitrogens is 1. The van der Waals surface area contributed by atoms with Crippen LogP contribution in [0.2, 0.25) is 0 Å². The molecule has 0 saturated carbocycles. The molecule has 0 aliphatic heterocycles.